The lowest BCUT2D eigenvalue weighted by Gasteiger charge is -2.37. The Hall–Kier alpha value is -2.37. The van der Waals surface area contributed by atoms with Crippen LogP contribution >= 0.6 is 34.5 Å². The molecule has 0 amide bonds. The summed E-state index contributed by atoms with van der Waals surface area (Å²) in [4.78, 5) is 3.58. The molecule has 2 unspecified atom stereocenters. The number of benzene rings is 3. The van der Waals surface area contributed by atoms with Crippen LogP contribution in [0.2, 0.25) is 5.02 Å². The van der Waals surface area contributed by atoms with Crippen molar-refractivity contribution in [2.75, 3.05) is 5.32 Å². The number of nitrogens with one attached hydrogen (secondary N) is 1. The van der Waals surface area contributed by atoms with E-state index in [4.69, 9.17) is 23.2 Å². The molecular weight excluding hydrogens is 447 g/mol. The van der Waals surface area contributed by atoms with Gasteiger partial charge >= 0.3 is 0 Å². The molecule has 0 saturated heterocycles. The van der Waals surface area contributed by atoms with E-state index < -0.39 is 11.1 Å². The van der Waals surface area contributed by atoms with E-state index in [1.807, 2.05) is 97.2 Å². The molecule has 2 atom stereocenters. The highest BCUT2D eigenvalue weighted by atomic mass is 35.5. The zero-order valence-electron chi connectivity index (χ0n) is 16.9. The largest absolute Gasteiger partial charge is 0.372 e. The van der Waals surface area contributed by atoms with Gasteiger partial charge in [-0.15, -0.1) is 22.9 Å². The lowest BCUT2D eigenvalue weighted by molar-refractivity contribution is 0.150. The summed E-state index contributed by atoms with van der Waals surface area (Å²) < 4.78 is 0. The highest BCUT2D eigenvalue weighted by Crippen LogP contribution is 2.42. The van der Waals surface area contributed by atoms with Crippen molar-refractivity contribution in [3.63, 3.8) is 0 Å². The van der Waals surface area contributed by atoms with Crippen molar-refractivity contribution in [3.05, 3.63) is 106 Å². The Kier molecular flexibility index (Phi) is 6.63. The summed E-state index contributed by atoms with van der Waals surface area (Å²) in [6, 6.07) is 27.5. The van der Waals surface area contributed by atoms with E-state index in [2.05, 4.69) is 10.3 Å². The molecule has 0 aliphatic carbocycles. The SMILES string of the molecule is CC(Cl)(C(O)Nc1nc(-c2ccc(Cl)cc2)cs1)C(c1ccccc1)c1ccccc1. The molecular formula is C25H22Cl2N2OS. The van der Waals surface area contributed by atoms with Crippen LogP contribution in [0.1, 0.15) is 24.0 Å². The van der Waals surface area contributed by atoms with Crippen LogP contribution in [0, 0.1) is 0 Å². The van der Waals surface area contributed by atoms with Crippen molar-refractivity contribution in [2.24, 2.45) is 0 Å². The number of aromatic nitrogens is 1. The fourth-order valence-corrected chi connectivity index (χ4v) is 4.82. The van der Waals surface area contributed by atoms with Gasteiger partial charge in [0.25, 0.3) is 0 Å². The van der Waals surface area contributed by atoms with Gasteiger partial charge in [-0.25, -0.2) is 4.98 Å². The molecule has 0 aliphatic rings. The second-order valence-electron chi connectivity index (χ2n) is 7.50. The lowest BCUT2D eigenvalue weighted by Crippen LogP contribution is -2.45. The number of nitrogens with zero attached hydrogens (tertiary/aromatic N) is 1. The minimum atomic E-state index is -1.04. The van der Waals surface area contributed by atoms with E-state index >= 15 is 0 Å². The van der Waals surface area contributed by atoms with Crippen LogP contribution in [0.3, 0.4) is 0 Å². The van der Waals surface area contributed by atoms with Crippen molar-refractivity contribution in [3.8, 4) is 11.3 Å². The molecule has 0 radical (unpaired) electrons. The normalized spacial score (nSPS) is 14.2. The Morgan fingerprint density at radius 2 is 1.45 bits per heavy atom. The predicted molar refractivity (Wildman–Crippen MR) is 131 cm³/mol. The fraction of sp³-hybridized carbons (Fsp3) is 0.160. The molecule has 31 heavy (non-hydrogen) atoms. The fourth-order valence-electron chi connectivity index (χ4n) is 3.64. The second kappa shape index (κ2) is 9.41. The van der Waals surface area contributed by atoms with Crippen LogP contribution in [0.5, 0.6) is 0 Å². The molecule has 6 heteroatoms. The third kappa shape index (κ3) is 4.94. The molecule has 158 valence electrons. The second-order valence-corrected chi connectivity index (χ2v) is 9.61. The van der Waals surface area contributed by atoms with Crippen molar-refractivity contribution in [1.29, 1.82) is 0 Å². The molecule has 0 spiro atoms. The predicted octanol–water partition coefficient (Wildman–Crippen LogP) is 7.02. The van der Waals surface area contributed by atoms with Crippen molar-refractivity contribution < 1.29 is 5.11 Å². The smallest absolute Gasteiger partial charge is 0.185 e. The van der Waals surface area contributed by atoms with Crippen molar-refractivity contribution in [2.45, 2.75) is 23.9 Å². The first kappa shape index (κ1) is 21.8. The maximum Gasteiger partial charge on any atom is 0.185 e. The monoisotopic (exact) mass is 468 g/mol. The first-order valence-electron chi connectivity index (χ1n) is 9.90. The third-order valence-corrected chi connectivity index (χ3v) is 6.72. The Morgan fingerprint density at radius 3 is 2.00 bits per heavy atom. The summed E-state index contributed by atoms with van der Waals surface area (Å²) in [5.41, 5.74) is 3.85. The van der Waals surface area contributed by atoms with Gasteiger partial charge < -0.3 is 10.4 Å². The number of thiazole rings is 1. The first-order valence-corrected chi connectivity index (χ1v) is 11.5. The summed E-state index contributed by atoms with van der Waals surface area (Å²) in [6.45, 7) is 1.85. The molecule has 2 N–H and O–H groups in total. The number of rotatable bonds is 7. The topological polar surface area (TPSA) is 45.1 Å². The van der Waals surface area contributed by atoms with Gasteiger partial charge in [-0.1, -0.05) is 84.4 Å². The molecule has 0 fully saturated rings. The van der Waals surface area contributed by atoms with E-state index in [1.54, 1.807) is 0 Å². The number of anilines is 1. The number of hydrogen-bond acceptors (Lipinski definition) is 4. The number of hydrogen-bond donors (Lipinski definition) is 2. The molecule has 1 aromatic heterocycles. The first-order chi connectivity index (χ1) is 14.9. The quantitative estimate of drug-likeness (QED) is 0.226. The van der Waals surface area contributed by atoms with Gasteiger partial charge in [0, 0.05) is 21.9 Å². The molecule has 0 bridgehead atoms. The van der Waals surface area contributed by atoms with Gasteiger partial charge in [-0.2, -0.15) is 0 Å². The molecule has 3 aromatic carbocycles. The molecule has 3 nitrogen and oxygen atoms in total. The van der Waals surface area contributed by atoms with Crippen LogP contribution in [-0.4, -0.2) is 21.2 Å². The van der Waals surface area contributed by atoms with Gasteiger partial charge in [-0.3, -0.25) is 0 Å². The van der Waals surface area contributed by atoms with Gasteiger partial charge in [0.15, 0.2) is 5.13 Å². The van der Waals surface area contributed by atoms with Gasteiger partial charge in [0.1, 0.15) is 6.23 Å². The average Bonchev–Trinajstić information content (AvgIpc) is 3.24. The van der Waals surface area contributed by atoms with E-state index in [1.165, 1.54) is 11.3 Å². The van der Waals surface area contributed by atoms with Gasteiger partial charge in [0.05, 0.1) is 10.6 Å². The Bertz CT molecular complexity index is 1080. The number of halogens is 2. The molecule has 4 aromatic rings. The number of aliphatic hydroxyl groups is 1. The zero-order valence-corrected chi connectivity index (χ0v) is 19.2. The Morgan fingerprint density at radius 1 is 0.903 bits per heavy atom. The maximum atomic E-state index is 11.1. The molecule has 1 heterocycles. The zero-order chi connectivity index (χ0) is 21.8. The van der Waals surface area contributed by atoms with Crippen LogP contribution in [-0.2, 0) is 0 Å². The summed E-state index contributed by atoms with van der Waals surface area (Å²) in [7, 11) is 0. The maximum absolute atomic E-state index is 11.1. The Balaban J connectivity index is 1.60. The highest BCUT2D eigenvalue weighted by Gasteiger charge is 2.41. The third-order valence-electron chi connectivity index (χ3n) is 5.27. The van der Waals surface area contributed by atoms with Crippen LogP contribution in [0.25, 0.3) is 11.3 Å². The summed E-state index contributed by atoms with van der Waals surface area (Å²) in [5.74, 6) is -0.227. The van der Waals surface area contributed by atoms with E-state index in [0.29, 0.717) is 10.2 Å². The highest BCUT2D eigenvalue weighted by molar-refractivity contribution is 7.14. The Labute approximate surface area is 196 Å². The van der Waals surface area contributed by atoms with Gasteiger partial charge in [-0.05, 0) is 30.2 Å². The standard InChI is InChI=1S/C25H22Cl2N2OS/c1-25(27,22(18-8-4-2-5-9-18)19-10-6-3-7-11-19)23(30)29-24-28-21(16-31-24)17-12-14-20(26)15-13-17/h2-16,22-23,30H,1H3,(H,28,29). The van der Waals surface area contributed by atoms with E-state index in [-0.39, 0.29) is 5.92 Å². The van der Waals surface area contributed by atoms with Crippen molar-refractivity contribution in [1.82, 2.24) is 4.98 Å². The van der Waals surface area contributed by atoms with Crippen LogP contribution in [0.15, 0.2) is 90.3 Å². The van der Waals surface area contributed by atoms with Crippen LogP contribution < -0.4 is 5.32 Å². The van der Waals surface area contributed by atoms with E-state index in [0.717, 1.165) is 22.4 Å². The molecule has 0 aliphatic heterocycles. The van der Waals surface area contributed by atoms with Crippen molar-refractivity contribution >= 4 is 39.7 Å². The number of alkyl halides is 1. The van der Waals surface area contributed by atoms with E-state index in [9.17, 15) is 5.11 Å². The van der Waals surface area contributed by atoms with Crippen LogP contribution in [0.4, 0.5) is 5.13 Å². The molecule has 0 saturated carbocycles. The van der Waals surface area contributed by atoms with Gasteiger partial charge in [0.2, 0.25) is 0 Å². The minimum absolute atomic E-state index is 0.227. The molecule has 4 rings (SSSR count). The summed E-state index contributed by atoms with van der Waals surface area (Å²) >= 11 is 14.5. The average molecular weight is 469 g/mol. The minimum Gasteiger partial charge on any atom is -0.372 e. The number of aliphatic hydroxyl groups excluding tert-OH is 1. The summed E-state index contributed by atoms with van der Waals surface area (Å²) in [5, 5.41) is 17.5. The summed E-state index contributed by atoms with van der Waals surface area (Å²) in [6.07, 6.45) is -1.04. The lowest BCUT2D eigenvalue weighted by atomic mass is 9.80.